The van der Waals surface area contributed by atoms with Gasteiger partial charge in [-0.15, -0.1) is 0 Å². The molecule has 2 amide bonds. The molecule has 0 aromatic heterocycles. The fourth-order valence-corrected chi connectivity index (χ4v) is 3.71. The molecule has 0 radical (unpaired) electrons. The van der Waals surface area contributed by atoms with E-state index in [4.69, 9.17) is 5.73 Å². The van der Waals surface area contributed by atoms with Crippen LogP contribution >= 0.6 is 0 Å². The van der Waals surface area contributed by atoms with E-state index in [-0.39, 0.29) is 23.4 Å². The summed E-state index contributed by atoms with van der Waals surface area (Å²) in [5, 5.41) is 2.95. The molecule has 30 heavy (non-hydrogen) atoms. The third-order valence-electron chi connectivity index (χ3n) is 5.23. The Bertz CT molecular complexity index is 914. The Kier molecular flexibility index (Phi) is 6.64. The first-order chi connectivity index (χ1) is 14.2. The molecule has 3 N–H and O–H groups in total. The van der Waals surface area contributed by atoms with Gasteiger partial charge in [-0.25, -0.2) is 0 Å². The second kappa shape index (κ2) is 9.19. The van der Waals surface area contributed by atoms with Gasteiger partial charge in [0.1, 0.15) is 0 Å². The summed E-state index contributed by atoms with van der Waals surface area (Å²) in [4.78, 5) is 25.9. The molecule has 0 aliphatic carbocycles. The number of hydrogen-bond acceptors (Lipinski definition) is 3. The van der Waals surface area contributed by atoms with Crippen molar-refractivity contribution < 1.29 is 22.8 Å². The highest BCUT2D eigenvalue weighted by Crippen LogP contribution is 2.32. The lowest BCUT2D eigenvalue weighted by Gasteiger charge is -2.33. The first kappa shape index (κ1) is 21.7. The Balaban J connectivity index is 1.76. The topological polar surface area (TPSA) is 75.4 Å². The number of alkyl halides is 3. The van der Waals surface area contributed by atoms with Crippen LogP contribution in [0.4, 0.5) is 24.5 Å². The maximum atomic E-state index is 13.1. The summed E-state index contributed by atoms with van der Waals surface area (Å²) < 4.78 is 39.0. The predicted octanol–water partition coefficient (Wildman–Crippen LogP) is 4.57. The van der Waals surface area contributed by atoms with Crippen LogP contribution in [0.5, 0.6) is 0 Å². The van der Waals surface area contributed by atoms with Gasteiger partial charge in [-0.2, -0.15) is 13.2 Å². The summed E-state index contributed by atoms with van der Waals surface area (Å²) in [6, 6.07) is 11.6. The Labute approximate surface area is 173 Å². The SMILES string of the molecule is NC(=O)CCC1CCCN(C(=O)c2ccccc2Nc2cccc(C(F)(F)F)c2)C1. The predicted molar refractivity (Wildman–Crippen MR) is 108 cm³/mol. The number of para-hydroxylation sites is 1. The van der Waals surface area contributed by atoms with Crippen molar-refractivity contribution >= 4 is 23.2 Å². The lowest BCUT2D eigenvalue weighted by Crippen LogP contribution is -2.40. The minimum atomic E-state index is -4.44. The maximum absolute atomic E-state index is 13.1. The number of rotatable bonds is 6. The summed E-state index contributed by atoms with van der Waals surface area (Å²) in [5.74, 6) is -0.332. The average molecular weight is 419 g/mol. The van der Waals surface area contributed by atoms with Crippen LogP contribution < -0.4 is 11.1 Å². The van der Waals surface area contributed by atoms with Crippen molar-refractivity contribution in [3.8, 4) is 0 Å². The highest BCUT2D eigenvalue weighted by Gasteiger charge is 2.30. The molecule has 3 rings (SSSR count). The van der Waals surface area contributed by atoms with E-state index in [0.29, 0.717) is 37.2 Å². The zero-order valence-corrected chi connectivity index (χ0v) is 16.4. The van der Waals surface area contributed by atoms with Gasteiger partial charge < -0.3 is 16.0 Å². The van der Waals surface area contributed by atoms with Crippen LogP contribution in [0.2, 0.25) is 0 Å². The Hall–Kier alpha value is -3.03. The minimum Gasteiger partial charge on any atom is -0.370 e. The molecule has 1 aliphatic heterocycles. The van der Waals surface area contributed by atoms with Crippen molar-refractivity contribution in [1.82, 2.24) is 4.90 Å². The van der Waals surface area contributed by atoms with E-state index in [1.807, 2.05) is 0 Å². The number of piperidine rings is 1. The molecular formula is C22H24F3N3O2. The number of nitrogens with one attached hydrogen (secondary N) is 1. The summed E-state index contributed by atoms with van der Waals surface area (Å²) in [7, 11) is 0. The number of benzene rings is 2. The number of halogens is 3. The second-order valence-corrected chi connectivity index (χ2v) is 7.51. The number of amides is 2. The van der Waals surface area contributed by atoms with Crippen molar-refractivity contribution in [2.75, 3.05) is 18.4 Å². The molecule has 5 nitrogen and oxygen atoms in total. The monoisotopic (exact) mass is 419 g/mol. The van der Waals surface area contributed by atoms with Crippen molar-refractivity contribution in [3.05, 3.63) is 59.7 Å². The lowest BCUT2D eigenvalue weighted by atomic mass is 9.92. The van der Waals surface area contributed by atoms with Crippen LogP contribution in [0.3, 0.4) is 0 Å². The van der Waals surface area contributed by atoms with Gasteiger partial charge in [0, 0.05) is 25.2 Å². The van der Waals surface area contributed by atoms with Crippen LogP contribution in [-0.2, 0) is 11.0 Å². The number of hydrogen-bond donors (Lipinski definition) is 2. The number of carbonyl (C=O) groups is 2. The minimum absolute atomic E-state index is 0.186. The maximum Gasteiger partial charge on any atom is 0.416 e. The summed E-state index contributed by atoms with van der Waals surface area (Å²) in [5.41, 5.74) is 5.56. The molecule has 1 atom stereocenters. The first-order valence-electron chi connectivity index (χ1n) is 9.85. The molecule has 160 valence electrons. The van der Waals surface area contributed by atoms with Crippen molar-refractivity contribution in [2.24, 2.45) is 11.7 Å². The van der Waals surface area contributed by atoms with Crippen LogP contribution in [0.15, 0.2) is 48.5 Å². The molecule has 2 aromatic rings. The third-order valence-corrected chi connectivity index (χ3v) is 5.23. The van der Waals surface area contributed by atoms with Crippen LogP contribution in [0.25, 0.3) is 0 Å². The third kappa shape index (κ3) is 5.52. The van der Waals surface area contributed by atoms with Gasteiger partial charge in [-0.3, -0.25) is 9.59 Å². The molecule has 1 fully saturated rings. The molecule has 2 aromatic carbocycles. The Morgan fingerprint density at radius 2 is 1.90 bits per heavy atom. The van der Waals surface area contributed by atoms with Gasteiger partial charge in [0.2, 0.25) is 5.91 Å². The van der Waals surface area contributed by atoms with E-state index in [2.05, 4.69) is 5.32 Å². The smallest absolute Gasteiger partial charge is 0.370 e. The quantitative estimate of drug-likeness (QED) is 0.720. The number of likely N-dealkylation sites (tertiary alicyclic amines) is 1. The molecule has 1 heterocycles. The molecular weight excluding hydrogens is 395 g/mol. The second-order valence-electron chi connectivity index (χ2n) is 7.51. The van der Waals surface area contributed by atoms with E-state index in [1.165, 1.54) is 12.1 Å². The van der Waals surface area contributed by atoms with Crippen LogP contribution in [0.1, 0.15) is 41.6 Å². The number of nitrogens with zero attached hydrogens (tertiary/aromatic N) is 1. The normalized spacial score (nSPS) is 16.9. The number of nitrogens with two attached hydrogens (primary N) is 1. The molecule has 0 saturated carbocycles. The Morgan fingerprint density at radius 3 is 2.63 bits per heavy atom. The zero-order chi connectivity index (χ0) is 21.7. The highest BCUT2D eigenvalue weighted by molar-refractivity contribution is 6.00. The van der Waals surface area contributed by atoms with E-state index in [0.717, 1.165) is 25.0 Å². The molecule has 1 saturated heterocycles. The van der Waals surface area contributed by atoms with Crippen LogP contribution in [-0.4, -0.2) is 29.8 Å². The van der Waals surface area contributed by atoms with Gasteiger partial charge in [-0.05, 0) is 55.5 Å². The van der Waals surface area contributed by atoms with E-state index < -0.39 is 11.7 Å². The zero-order valence-electron chi connectivity index (χ0n) is 16.4. The number of carbonyl (C=O) groups excluding carboxylic acids is 2. The fraction of sp³-hybridized carbons (Fsp3) is 0.364. The summed E-state index contributed by atoms with van der Waals surface area (Å²) >= 11 is 0. The van der Waals surface area contributed by atoms with E-state index in [1.54, 1.807) is 29.2 Å². The number of anilines is 2. The summed E-state index contributed by atoms with van der Waals surface area (Å²) in [6.07, 6.45) is -1.75. The average Bonchev–Trinajstić information content (AvgIpc) is 2.72. The number of primary amides is 1. The largest absolute Gasteiger partial charge is 0.416 e. The van der Waals surface area contributed by atoms with Gasteiger partial charge in [0.25, 0.3) is 5.91 Å². The Morgan fingerprint density at radius 1 is 1.13 bits per heavy atom. The lowest BCUT2D eigenvalue weighted by molar-refractivity contribution is -0.137. The van der Waals surface area contributed by atoms with Gasteiger partial charge in [0.05, 0.1) is 16.8 Å². The molecule has 8 heteroatoms. The van der Waals surface area contributed by atoms with Gasteiger partial charge >= 0.3 is 6.18 Å². The molecule has 1 aliphatic rings. The van der Waals surface area contributed by atoms with Gasteiger partial charge in [0.15, 0.2) is 0 Å². The van der Waals surface area contributed by atoms with Crippen molar-refractivity contribution in [1.29, 1.82) is 0 Å². The van der Waals surface area contributed by atoms with Crippen molar-refractivity contribution in [3.63, 3.8) is 0 Å². The highest BCUT2D eigenvalue weighted by atomic mass is 19.4. The standard InChI is InChI=1S/C22H24F3N3O2/c23-22(24,25)16-6-3-7-17(13-16)27-19-9-2-1-8-18(19)21(30)28-12-4-5-15(14-28)10-11-20(26)29/h1-3,6-9,13,15,27H,4-5,10-12,14H2,(H2,26,29). The van der Waals surface area contributed by atoms with Crippen molar-refractivity contribution in [2.45, 2.75) is 31.9 Å². The van der Waals surface area contributed by atoms with Gasteiger partial charge in [-0.1, -0.05) is 18.2 Å². The fourth-order valence-electron chi connectivity index (χ4n) is 3.71. The van der Waals surface area contributed by atoms with Crippen LogP contribution in [0, 0.1) is 5.92 Å². The summed E-state index contributed by atoms with van der Waals surface area (Å²) in [6.45, 7) is 1.13. The van der Waals surface area contributed by atoms with E-state index in [9.17, 15) is 22.8 Å². The molecule has 0 spiro atoms. The molecule has 0 bridgehead atoms. The molecule has 1 unspecified atom stereocenters. The van der Waals surface area contributed by atoms with E-state index >= 15 is 0 Å². The first-order valence-corrected chi connectivity index (χ1v) is 9.85.